The van der Waals surface area contributed by atoms with E-state index in [1.165, 1.54) is 19.1 Å². The maximum Gasteiger partial charge on any atom is 0.231 e. The summed E-state index contributed by atoms with van der Waals surface area (Å²) in [5.41, 5.74) is 0.301. The lowest BCUT2D eigenvalue weighted by Gasteiger charge is -2.01. The molecule has 1 heterocycles. The van der Waals surface area contributed by atoms with Crippen LogP contribution in [0.25, 0.3) is 0 Å². The molecule has 0 saturated heterocycles. The summed E-state index contributed by atoms with van der Waals surface area (Å²) in [5.74, 6) is -0.0327. The normalized spacial score (nSPS) is 12.7. The number of aliphatic hydroxyl groups is 1. The summed E-state index contributed by atoms with van der Waals surface area (Å²) in [6.45, 7) is 1.52. The standard InChI is InChI=1S/C11H10ClFN2O2/c1-6(16)11-14-10(17-15-11)5-7-8(12)3-2-4-9(7)13/h2-4,6,16H,5H2,1H3. The summed E-state index contributed by atoms with van der Waals surface area (Å²) in [4.78, 5) is 3.93. The molecule has 0 amide bonds. The van der Waals surface area contributed by atoms with Crippen molar-refractivity contribution in [2.45, 2.75) is 19.4 Å². The molecule has 2 aromatic rings. The fraction of sp³-hybridized carbons (Fsp3) is 0.273. The molecule has 1 unspecified atom stereocenters. The number of aliphatic hydroxyl groups excluding tert-OH is 1. The number of hydrogen-bond donors (Lipinski definition) is 1. The lowest BCUT2D eigenvalue weighted by Crippen LogP contribution is -1.96. The Labute approximate surface area is 102 Å². The van der Waals surface area contributed by atoms with E-state index in [-0.39, 0.29) is 18.1 Å². The van der Waals surface area contributed by atoms with Crippen LogP contribution in [0.5, 0.6) is 0 Å². The van der Waals surface area contributed by atoms with E-state index in [1.807, 2.05) is 0 Å². The summed E-state index contributed by atoms with van der Waals surface area (Å²) >= 11 is 5.87. The zero-order valence-electron chi connectivity index (χ0n) is 9.02. The quantitative estimate of drug-likeness (QED) is 0.917. The molecular formula is C11H10ClFN2O2. The lowest BCUT2D eigenvalue weighted by molar-refractivity contribution is 0.184. The molecular weight excluding hydrogens is 247 g/mol. The van der Waals surface area contributed by atoms with Crippen LogP contribution in [0.3, 0.4) is 0 Å². The summed E-state index contributed by atoms with van der Waals surface area (Å²) in [7, 11) is 0. The van der Waals surface area contributed by atoms with E-state index in [0.717, 1.165) is 0 Å². The zero-order valence-corrected chi connectivity index (χ0v) is 9.78. The molecule has 4 nitrogen and oxygen atoms in total. The van der Waals surface area contributed by atoms with Crippen LogP contribution < -0.4 is 0 Å². The number of hydrogen-bond acceptors (Lipinski definition) is 4. The number of rotatable bonds is 3. The second-order valence-corrected chi connectivity index (χ2v) is 4.01. The van der Waals surface area contributed by atoms with Gasteiger partial charge in [-0.25, -0.2) is 4.39 Å². The number of benzene rings is 1. The second-order valence-electron chi connectivity index (χ2n) is 3.60. The van der Waals surface area contributed by atoms with Gasteiger partial charge < -0.3 is 9.63 Å². The van der Waals surface area contributed by atoms with Gasteiger partial charge >= 0.3 is 0 Å². The van der Waals surface area contributed by atoms with E-state index >= 15 is 0 Å². The minimum Gasteiger partial charge on any atom is -0.385 e. The predicted molar refractivity (Wildman–Crippen MR) is 59.1 cm³/mol. The Kier molecular flexibility index (Phi) is 3.40. The maximum atomic E-state index is 13.5. The Balaban J connectivity index is 2.25. The van der Waals surface area contributed by atoms with Gasteiger partial charge in [0.2, 0.25) is 5.89 Å². The first kappa shape index (κ1) is 12.0. The minimum atomic E-state index is -0.816. The molecule has 0 aliphatic rings. The van der Waals surface area contributed by atoms with Crippen molar-refractivity contribution in [3.05, 3.63) is 46.3 Å². The number of nitrogens with zero attached hydrogens (tertiary/aromatic N) is 2. The monoisotopic (exact) mass is 256 g/mol. The minimum absolute atomic E-state index is 0.102. The van der Waals surface area contributed by atoms with Gasteiger partial charge in [0, 0.05) is 10.6 Å². The molecule has 0 saturated carbocycles. The molecule has 0 radical (unpaired) electrons. The molecule has 2 rings (SSSR count). The first-order chi connectivity index (χ1) is 8.08. The van der Waals surface area contributed by atoms with Crippen LogP contribution in [-0.4, -0.2) is 15.2 Å². The van der Waals surface area contributed by atoms with Gasteiger partial charge in [0.05, 0.1) is 6.42 Å². The maximum absolute atomic E-state index is 13.5. The molecule has 0 aliphatic heterocycles. The third kappa shape index (κ3) is 2.62. The van der Waals surface area contributed by atoms with E-state index in [1.54, 1.807) is 6.07 Å². The second kappa shape index (κ2) is 4.81. The molecule has 1 aromatic carbocycles. The average molecular weight is 257 g/mol. The van der Waals surface area contributed by atoms with Crippen molar-refractivity contribution in [3.8, 4) is 0 Å². The van der Waals surface area contributed by atoms with Crippen molar-refractivity contribution in [1.29, 1.82) is 0 Å². The molecule has 1 aromatic heterocycles. The van der Waals surface area contributed by atoms with E-state index in [9.17, 15) is 9.50 Å². The van der Waals surface area contributed by atoms with Crippen molar-refractivity contribution in [3.63, 3.8) is 0 Å². The Bertz CT molecular complexity index is 508. The van der Waals surface area contributed by atoms with E-state index in [4.69, 9.17) is 16.1 Å². The molecule has 1 N–H and O–H groups in total. The summed E-state index contributed by atoms with van der Waals surface area (Å²) < 4.78 is 18.4. The van der Waals surface area contributed by atoms with Crippen LogP contribution in [-0.2, 0) is 6.42 Å². The lowest BCUT2D eigenvalue weighted by atomic mass is 10.1. The Morgan fingerprint density at radius 2 is 2.29 bits per heavy atom. The summed E-state index contributed by atoms with van der Waals surface area (Å²) in [5, 5.41) is 13.1. The first-order valence-electron chi connectivity index (χ1n) is 5.01. The van der Waals surface area contributed by atoms with Crippen LogP contribution in [0, 0.1) is 5.82 Å². The van der Waals surface area contributed by atoms with Gasteiger partial charge in [-0.15, -0.1) is 0 Å². The summed E-state index contributed by atoms with van der Waals surface area (Å²) in [6, 6.07) is 4.43. The van der Waals surface area contributed by atoms with Crippen LogP contribution in [0.2, 0.25) is 5.02 Å². The Hall–Kier alpha value is -1.46. The molecule has 1 atom stereocenters. The van der Waals surface area contributed by atoms with Crippen LogP contribution >= 0.6 is 11.6 Å². The van der Waals surface area contributed by atoms with Gasteiger partial charge in [0.25, 0.3) is 0 Å². The molecule has 0 spiro atoms. The van der Waals surface area contributed by atoms with Crippen molar-refractivity contribution in [2.24, 2.45) is 0 Å². The predicted octanol–water partition coefficient (Wildman–Crippen LogP) is 2.51. The fourth-order valence-corrected chi connectivity index (χ4v) is 1.59. The van der Waals surface area contributed by atoms with Gasteiger partial charge in [0.15, 0.2) is 5.82 Å². The van der Waals surface area contributed by atoms with Crippen LogP contribution in [0.15, 0.2) is 22.7 Å². The topological polar surface area (TPSA) is 59.2 Å². The number of halogens is 2. The van der Waals surface area contributed by atoms with Gasteiger partial charge in [0.1, 0.15) is 11.9 Å². The van der Waals surface area contributed by atoms with Crippen molar-refractivity contribution >= 4 is 11.6 Å². The van der Waals surface area contributed by atoms with Gasteiger partial charge in [-0.1, -0.05) is 22.8 Å². The third-order valence-corrected chi connectivity index (χ3v) is 2.60. The average Bonchev–Trinajstić information content (AvgIpc) is 2.72. The Morgan fingerprint density at radius 1 is 1.53 bits per heavy atom. The third-order valence-electron chi connectivity index (χ3n) is 2.25. The van der Waals surface area contributed by atoms with Crippen molar-refractivity contribution in [1.82, 2.24) is 10.1 Å². The fourth-order valence-electron chi connectivity index (χ4n) is 1.36. The SMILES string of the molecule is CC(O)c1noc(Cc2c(F)cccc2Cl)n1. The highest BCUT2D eigenvalue weighted by molar-refractivity contribution is 6.31. The van der Waals surface area contributed by atoms with Crippen LogP contribution in [0.4, 0.5) is 4.39 Å². The molecule has 90 valence electrons. The van der Waals surface area contributed by atoms with E-state index in [2.05, 4.69) is 10.1 Å². The first-order valence-corrected chi connectivity index (χ1v) is 5.39. The van der Waals surface area contributed by atoms with Crippen molar-refractivity contribution < 1.29 is 14.0 Å². The highest BCUT2D eigenvalue weighted by Gasteiger charge is 2.14. The Morgan fingerprint density at radius 3 is 2.88 bits per heavy atom. The molecule has 0 fully saturated rings. The zero-order chi connectivity index (χ0) is 12.4. The molecule has 0 aliphatic carbocycles. The van der Waals surface area contributed by atoms with Crippen molar-refractivity contribution in [2.75, 3.05) is 0 Å². The highest BCUT2D eigenvalue weighted by Crippen LogP contribution is 2.22. The van der Waals surface area contributed by atoms with Gasteiger partial charge in [-0.2, -0.15) is 4.98 Å². The summed E-state index contributed by atoms with van der Waals surface area (Å²) in [6.07, 6.45) is -0.714. The smallest absolute Gasteiger partial charge is 0.231 e. The van der Waals surface area contributed by atoms with E-state index in [0.29, 0.717) is 10.6 Å². The van der Waals surface area contributed by atoms with Gasteiger partial charge in [-0.05, 0) is 19.1 Å². The van der Waals surface area contributed by atoms with E-state index < -0.39 is 11.9 Å². The molecule has 0 bridgehead atoms. The van der Waals surface area contributed by atoms with Gasteiger partial charge in [-0.3, -0.25) is 0 Å². The number of aromatic nitrogens is 2. The largest absolute Gasteiger partial charge is 0.385 e. The highest BCUT2D eigenvalue weighted by atomic mass is 35.5. The molecule has 17 heavy (non-hydrogen) atoms. The molecule has 6 heteroatoms. The van der Waals surface area contributed by atoms with Crippen LogP contribution in [0.1, 0.15) is 30.3 Å².